The maximum Gasteiger partial charge on any atom is 0.262 e. The number of nitrogens with zero attached hydrogens (tertiary/aromatic N) is 3. The van der Waals surface area contributed by atoms with E-state index in [2.05, 4.69) is 34.4 Å². The lowest BCUT2D eigenvalue weighted by Crippen LogP contribution is -2.54. The highest BCUT2D eigenvalue weighted by molar-refractivity contribution is 6.23. The highest BCUT2D eigenvalue weighted by Gasteiger charge is 2.44. The number of imide groups is 2. The number of ether oxygens (including phenoxy) is 2. The molecular weight excluding hydrogens is 626 g/mol. The minimum atomic E-state index is -1.00. The number of rotatable bonds is 12. The van der Waals surface area contributed by atoms with Gasteiger partial charge >= 0.3 is 0 Å². The summed E-state index contributed by atoms with van der Waals surface area (Å²) in [5, 5.41) is 5.41. The van der Waals surface area contributed by atoms with E-state index in [1.54, 1.807) is 30.5 Å². The smallest absolute Gasteiger partial charge is 0.262 e. The average Bonchev–Trinajstić information content (AvgIpc) is 3.34. The Labute approximate surface area is 282 Å². The van der Waals surface area contributed by atoms with E-state index in [1.807, 2.05) is 48.5 Å². The summed E-state index contributed by atoms with van der Waals surface area (Å²) in [5.41, 5.74) is 3.63. The fraction of sp³-hybridized carbons (Fsp3) is 0.270. The molecule has 2 aliphatic heterocycles. The quantitative estimate of drug-likeness (QED) is 0.126. The molecule has 4 aromatic rings. The molecular formula is C37H35N5O7. The highest BCUT2D eigenvalue weighted by atomic mass is 16.5. The van der Waals surface area contributed by atoms with Crippen LogP contribution in [0.25, 0.3) is 0 Å². The van der Waals surface area contributed by atoms with Crippen LogP contribution < -0.4 is 20.1 Å². The summed E-state index contributed by atoms with van der Waals surface area (Å²) in [6.07, 6.45) is 1.73. The first-order valence-electron chi connectivity index (χ1n) is 15.9. The van der Waals surface area contributed by atoms with E-state index in [4.69, 9.17) is 9.47 Å². The number of Topliss-reactive ketones (excluding diaryl/α,β-unsaturated/α-hetero) is 1. The van der Waals surface area contributed by atoms with Crippen molar-refractivity contribution in [2.75, 3.05) is 18.5 Å². The van der Waals surface area contributed by atoms with Crippen LogP contribution in [0.1, 0.15) is 81.8 Å². The Morgan fingerprint density at radius 1 is 0.898 bits per heavy atom. The molecule has 250 valence electrons. The molecule has 0 bridgehead atoms. The van der Waals surface area contributed by atoms with Crippen LogP contribution in [0.2, 0.25) is 0 Å². The van der Waals surface area contributed by atoms with Crippen LogP contribution in [-0.4, -0.2) is 63.5 Å². The summed E-state index contributed by atoms with van der Waals surface area (Å²) < 4.78 is 11.8. The Hall–Kier alpha value is -5.91. The predicted molar refractivity (Wildman–Crippen MR) is 178 cm³/mol. The Bertz CT molecular complexity index is 1940. The molecule has 0 radical (unpaired) electrons. The number of aromatic nitrogens is 2. The number of fused-ring (bicyclic) bond motifs is 1. The summed E-state index contributed by atoms with van der Waals surface area (Å²) in [4.78, 5) is 70.5. The van der Waals surface area contributed by atoms with Crippen molar-refractivity contribution < 1.29 is 33.4 Å². The molecule has 1 saturated heterocycles. The minimum absolute atomic E-state index is 0.0696. The maximum atomic E-state index is 13.1. The fourth-order valence-corrected chi connectivity index (χ4v) is 5.85. The largest absolute Gasteiger partial charge is 0.492 e. The number of hydrogen-bond donors (Lipinski definition) is 2. The third kappa shape index (κ3) is 7.03. The van der Waals surface area contributed by atoms with Gasteiger partial charge in [-0.05, 0) is 66.1 Å². The molecule has 4 amide bonds. The lowest BCUT2D eigenvalue weighted by molar-refractivity contribution is -0.136. The van der Waals surface area contributed by atoms with Gasteiger partial charge in [0.25, 0.3) is 11.8 Å². The van der Waals surface area contributed by atoms with Gasteiger partial charge in [-0.2, -0.15) is 0 Å². The van der Waals surface area contributed by atoms with Crippen molar-refractivity contribution in [3.8, 4) is 11.5 Å². The van der Waals surface area contributed by atoms with Gasteiger partial charge in [0.2, 0.25) is 11.8 Å². The fourth-order valence-electron chi connectivity index (χ4n) is 5.85. The first-order valence-corrected chi connectivity index (χ1v) is 15.9. The van der Waals surface area contributed by atoms with Gasteiger partial charge in [-0.25, -0.2) is 9.97 Å². The molecule has 0 aliphatic carbocycles. The predicted octanol–water partition coefficient (Wildman–Crippen LogP) is 4.48. The zero-order valence-electron chi connectivity index (χ0n) is 27.3. The van der Waals surface area contributed by atoms with E-state index in [-0.39, 0.29) is 47.6 Å². The Kier molecular flexibility index (Phi) is 9.21. The average molecular weight is 662 g/mol. The zero-order valence-corrected chi connectivity index (χ0v) is 27.3. The topological polar surface area (TPSA) is 157 Å². The van der Waals surface area contributed by atoms with E-state index in [0.717, 1.165) is 16.0 Å². The highest BCUT2D eigenvalue weighted by Crippen LogP contribution is 2.34. The van der Waals surface area contributed by atoms with Crippen molar-refractivity contribution in [2.24, 2.45) is 0 Å². The second-order valence-corrected chi connectivity index (χ2v) is 12.4. The zero-order chi connectivity index (χ0) is 34.7. The van der Waals surface area contributed by atoms with Crippen molar-refractivity contribution in [1.29, 1.82) is 0 Å². The molecule has 1 fully saturated rings. The molecule has 1 atom stereocenters. The summed E-state index contributed by atoms with van der Waals surface area (Å²) in [6, 6.07) is 21.4. The van der Waals surface area contributed by atoms with Crippen molar-refractivity contribution in [1.82, 2.24) is 20.2 Å². The van der Waals surface area contributed by atoms with Gasteiger partial charge in [-0.1, -0.05) is 38.1 Å². The number of ketones is 1. The third-order valence-corrected chi connectivity index (χ3v) is 8.71. The van der Waals surface area contributed by atoms with Crippen LogP contribution in [0.5, 0.6) is 11.5 Å². The number of hydrogen-bond acceptors (Lipinski definition) is 10. The van der Waals surface area contributed by atoms with E-state index in [1.165, 1.54) is 6.92 Å². The van der Waals surface area contributed by atoms with E-state index < -0.39 is 29.7 Å². The molecule has 2 N–H and O–H groups in total. The number of carbonyl (C=O) groups excluding carboxylic acids is 5. The molecule has 0 saturated carbocycles. The third-order valence-electron chi connectivity index (χ3n) is 8.71. The van der Waals surface area contributed by atoms with E-state index in [0.29, 0.717) is 36.0 Å². The van der Waals surface area contributed by atoms with Gasteiger partial charge in [0.15, 0.2) is 11.6 Å². The minimum Gasteiger partial charge on any atom is -0.492 e. The Morgan fingerprint density at radius 3 is 2.20 bits per heavy atom. The van der Waals surface area contributed by atoms with Crippen LogP contribution in [-0.2, 0) is 21.6 Å². The lowest BCUT2D eigenvalue weighted by atomic mass is 9.78. The molecule has 12 heteroatoms. The standard InChI is InChI=1S/C37H35N5O7/c1-22(43)33-39-17-16-26(40-33)21-49-28-11-6-24(7-12-28)37(2,3)23-4-9-27(10-5-23)48-19-18-38-25-8-13-29-30(20-25)36(47)42(35(29)46)31-14-15-32(44)41-34(31)45/h4-13,16-17,20,31,38H,14-15,18-19,21H2,1-3H3,(H,41,44,45). The maximum absolute atomic E-state index is 13.1. The molecule has 1 aromatic heterocycles. The SMILES string of the molecule is CC(=O)c1nccc(COc2ccc(C(C)(C)c3ccc(OCCNc4ccc5c(c4)C(=O)N(C4CCC(=O)NC4=O)C5=O)cc3)cc2)n1. The Balaban J connectivity index is 0.995. The van der Waals surface area contributed by atoms with Gasteiger partial charge in [0.05, 0.1) is 16.8 Å². The van der Waals surface area contributed by atoms with Crippen molar-refractivity contribution in [2.45, 2.75) is 51.7 Å². The lowest BCUT2D eigenvalue weighted by Gasteiger charge is -2.27. The molecule has 6 rings (SSSR count). The van der Waals surface area contributed by atoms with Gasteiger partial charge in [0, 0.05) is 37.2 Å². The van der Waals surface area contributed by atoms with Gasteiger partial charge in [0.1, 0.15) is 30.8 Å². The number of anilines is 1. The normalized spacial score (nSPS) is 15.9. The van der Waals surface area contributed by atoms with Gasteiger partial charge in [-0.15, -0.1) is 0 Å². The first-order chi connectivity index (χ1) is 23.5. The molecule has 3 heterocycles. The summed E-state index contributed by atoms with van der Waals surface area (Å²) in [7, 11) is 0. The summed E-state index contributed by atoms with van der Waals surface area (Å²) in [6.45, 7) is 6.73. The molecule has 1 unspecified atom stereocenters. The summed E-state index contributed by atoms with van der Waals surface area (Å²) >= 11 is 0. The van der Waals surface area contributed by atoms with Crippen molar-refractivity contribution in [3.05, 3.63) is 113 Å². The van der Waals surface area contributed by atoms with Gasteiger partial charge in [-0.3, -0.25) is 34.2 Å². The second-order valence-electron chi connectivity index (χ2n) is 12.4. The molecule has 49 heavy (non-hydrogen) atoms. The van der Waals surface area contributed by atoms with Crippen LogP contribution in [0.4, 0.5) is 5.69 Å². The monoisotopic (exact) mass is 661 g/mol. The molecule has 0 spiro atoms. The van der Waals surface area contributed by atoms with Crippen LogP contribution in [0, 0.1) is 0 Å². The van der Waals surface area contributed by atoms with E-state index in [9.17, 15) is 24.0 Å². The summed E-state index contributed by atoms with van der Waals surface area (Å²) in [5.74, 6) is -0.772. The van der Waals surface area contributed by atoms with Crippen LogP contribution in [0.3, 0.4) is 0 Å². The number of amides is 4. The number of nitrogens with one attached hydrogen (secondary N) is 2. The first kappa shape index (κ1) is 33.0. The second kappa shape index (κ2) is 13.7. The number of benzene rings is 3. The molecule has 12 nitrogen and oxygen atoms in total. The van der Waals surface area contributed by atoms with E-state index >= 15 is 0 Å². The number of piperidine rings is 1. The van der Waals surface area contributed by atoms with Crippen molar-refractivity contribution in [3.63, 3.8) is 0 Å². The van der Waals surface area contributed by atoms with Gasteiger partial charge < -0.3 is 14.8 Å². The Morgan fingerprint density at radius 2 is 1.55 bits per heavy atom. The van der Waals surface area contributed by atoms with Crippen LogP contribution in [0.15, 0.2) is 79.0 Å². The number of carbonyl (C=O) groups is 5. The van der Waals surface area contributed by atoms with Crippen LogP contribution >= 0.6 is 0 Å². The molecule has 3 aromatic carbocycles. The molecule has 2 aliphatic rings. The van der Waals surface area contributed by atoms with Crippen molar-refractivity contribution >= 4 is 35.1 Å².